The second-order valence-corrected chi connectivity index (χ2v) is 9.77. The lowest BCUT2D eigenvalue weighted by Gasteiger charge is -2.27. The van der Waals surface area contributed by atoms with E-state index in [-0.39, 0.29) is 5.78 Å². The summed E-state index contributed by atoms with van der Waals surface area (Å²) in [6.07, 6.45) is 0.780. The van der Waals surface area contributed by atoms with Gasteiger partial charge in [0.15, 0.2) is 17.3 Å². The summed E-state index contributed by atoms with van der Waals surface area (Å²) >= 11 is 1.53. The van der Waals surface area contributed by atoms with E-state index in [4.69, 9.17) is 19.9 Å². The van der Waals surface area contributed by atoms with Crippen LogP contribution in [0.3, 0.4) is 0 Å². The average molecular weight is 489 g/mol. The quantitative estimate of drug-likeness (QED) is 0.356. The second-order valence-electron chi connectivity index (χ2n) is 8.63. The number of benzene rings is 3. The number of fused-ring (bicyclic) bond motifs is 2. The van der Waals surface area contributed by atoms with Gasteiger partial charge in [0.05, 0.1) is 31.9 Å². The topological polar surface area (TPSA) is 74.0 Å². The highest BCUT2D eigenvalue weighted by atomic mass is 32.1. The van der Waals surface area contributed by atoms with E-state index in [0.29, 0.717) is 33.4 Å². The molecule has 0 atom stereocenters. The highest BCUT2D eigenvalue weighted by molar-refractivity contribution is 7.16. The Labute approximate surface area is 208 Å². The number of carbonyl (C=O) groups is 1. The van der Waals surface area contributed by atoms with Gasteiger partial charge in [0.1, 0.15) is 0 Å². The normalized spacial score (nSPS) is 13.5. The molecule has 1 aliphatic rings. The van der Waals surface area contributed by atoms with Crippen molar-refractivity contribution >= 4 is 32.9 Å². The zero-order chi connectivity index (χ0) is 24.5. The molecule has 1 aromatic heterocycles. The van der Waals surface area contributed by atoms with Crippen molar-refractivity contribution in [2.24, 2.45) is 0 Å². The van der Waals surface area contributed by atoms with Crippen molar-refractivity contribution in [1.82, 2.24) is 4.90 Å². The number of nitrogen functional groups attached to an aromatic ring is 1. The molecule has 3 aromatic carbocycles. The number of ether oxygens (including phenoxy) is 3. The predicted octanol–water partition coefficient (Wildman–Crippen LogP) is 5.30. The molecule has 1 aliphatic heterocycles. The molecule has 2 N–H and O–H groups in total. The molecule has 0 saturated heterocycles. The van der Waals surface area contributed by atoms with Crippen molar-refractivity contribution < 1.29 is 19.0 Å². The van der Waals surface area contributed by atoms with Crippen LogP contribution in [0.25, 0.3) is 10.8 Å². The number of methoxy groups -OCH3 is 3. The highest BCUT2D eigenvalue weighted by Crippen LogP contribution is 2.40. The third kappa shape index (κ3) is 4.33. The van der Waals surface area contributed by atoms with Gasteiger partial charge in [-0.05, 0) is 46.5 Å². The SMILES string of the molecule is COc1cc(CN2CCc3c(sc(N)c3C(=O)c3ccc4ccccc4c3)C2)cc(OC)c1OC. The van der Waals surface area contributed by atoms with Crippen LogP contribution < -0.4 is 19.9 Å². The summed E-state index contributed by atoms with van der Waals surface area (Å²) in [5, 5.41) is 2.77. The van der Waals surface area contributed by atoms with Gasteiger partial charge in [-0.3, -0.25) is 9.69 Å². The summed E-state index contributed by atoms with van der Waals surface area (Å²) in [5.74, 6) is 1.87. The molecule has 0 radical (unpaired) electrons. The maximum Gasteiger partial charge on any atom is 0.203 e. The van der Waals surface area contributed by atoms with Gasteiger partial charge in [-0.1, -0.05) is 36.4 Å². The summed E-state index contributed by atoms with van der Waals surface area (Å²) in [4.78, 5) is 17.0. The Balaban J connectivity index is 1.39. The molecule has 7 heteroatoms. The Hall–Kier alpha value is -3.55. The molecule has 6 nitrogen and oxygen atoms in total. The summed E-state index contributed by atoms with van der Waals surface area (Å²) < 4.78 is 16.4. The van der Waals surface area contributed by atoms with E-state index in [9.17, 15) is 4.79 Å². The lowest BCUT2D eigenvalue weighted by Crippen LogP contribution is -2.29. The summed E-state index contributed by atoms with van der Waals surface area (Å²) in [7, 11) is 4.84. The van der Waals surface area contributed by atoms with E-state index in [0.717, 1.165) is 52.8 Å². The maximum absolute atomic E-state index is 13.5. The van der Waals surface area contributed by atoms with Gasteiger partial charge in [-0.25, -0.2) is 0 Å². The van der Waals surface area contributed by atoms with E-state index in [1.165, 1.54) is 11.3 Å². The zero-order valence-corrected chi connectivity index (χ0v) is 20.9. The predicted molar refractivity (Wildman–Crippen MR) is 140 cm³/mol. The maximum atomic E-state index is 13.5. The molecule has 35 heavy (non-hydrogen) atoms. The van der Waals surface area contributed by atoms with Crippen LogP contribution in [0, 0.1) is 0 Å². The number of nitrogens with zero attached hydrogens (tertiary/aromatic N) is 1. The number of carbonyl (C=O) groups excluding carboxylic acids is 1. The zero-order valence-electron chi connectivity index (χ0n) is 20.1. The van der Waals surface area contributed by atoms with Crippen molar-refractivity contribution in [2.75, 3.05) is 33.6 Å². The number of hydrogen-bond acceptors (Lipinski definition) is 7. The van der Waals surface area contributed by atoms with Gasteiger partial charge in [0.2, 0.25) is 5.75 Å². The number of ketones is 1. The fraction of sp³-hybridized carbons (Fsp3) is 0.250. The van der Waals surface area contributed by atoms with Crippen molar-refractivity contribution in [3.63, 3.8) is 0 Å². The third-order valence-electron chi connectivity index (χ3n) is 6.53. The molecule has 0 spiro atoms. The molecule has 0 bridgehead atoms. The largest absolute Gasteiger partial charge is 0.493 e. The number of nitrogens with two attached hydrogens (primary N) is 1. The Bertz CT molecular complexity index is 1390. The average Bonchev–Trinajstić information content (AvgIpc) is 3.22. The van der Waals surface area contributed by atoms with Crippen LogP contribution in [-0.2, 0) is 19.5 Å². The Morgan fingerprint density at radius 2 is 1.69 bits per heavy atom. The fourth-order valence-electron chi connectivity index (χ4n) is 4.82. The monoisotopic (exact) mass is 488 g/mol. The molecule has 2 heterocycles. The van der Waals surface area contributed by atoms with Gasteiger partial charge in [-0.2, -0.15) is 0 Å². The van der Waals surface area contributed by atoms with Gasteiger partial charge in [0.25, 0.3) is 0 Å². The molecule has 4 aromatic rings. The first kappa shape index (κ1) is 23.2. The van der Waals surface area contributed by atoms with Crippen LogP contribution in [-0.4, -0.2) is 38.6 Å². The van der Waals surface area contributed by atoms with E-state index in [1.54, 1.807) is 21.3 Å². The van der Waals surface area contributed by atoms with E-state index in [1.807, 2.05) is 54.6 Å². The van der Waals surface area contributed by atoms with Crippen LogP contribution >= 0.6 is 11.3 Å². The number of rotatable bonds is 7. The Morgan fingerprint density at radius 3 is 2.37 bits per heavy atom. The van der Waals surface area contributed by atoms with Gasteiger partial charge in [-0.15, -0.1) is 11.3 Å². The van der Waals surface area contributed by atoms with Crippen LogP contribution in [0.1, 0.15) is 31.9 Å². The molecule has 180 valence electrons. The number of anilines is 1. The fourth-order valence-corrected chi connectivity index (χ4v) is 5.98. The van der Waals surface area contributed by atoms with Crippen LogP contribution in [0.5, 0.6) is 17.2 Å². The molecular formula is C28H28N2O4S. The minimum atomic E-state index is 0.00355. The van der Waals surface area contributed by atoms with Crippen molar-refractivity contribution in [1.29, 1.82) is 0 Å². The summed E-state index contributed by atoms with van der Waals surface area (Å²) in [6, 6.07) is 17.9. The third-order valence-corrected chi connectivity index (χ3v) is 7.58. The first-order chi connectivity index (χ1) is 17.0. The summed E-state index contributed by atoms with van der Waals surface area (Å²) in [6.45, 7) is 2.30. The number of thiophene rings is 1. The Morgan fingerprint density at radius 1 is 0.971 bits per heavy atom. The van der Waals surface area contributed by atoms with E-state index < -0.39 is 0 Å². The van der Waals surface area contributed by atoms with Crippen LogP contribution in [0.2, 0.25) is 0 Å². The van der Waals surface area contributed by atoms with E-state index >= 15 is 0 Å². The number of hydrogen-bond donors (Lipinski definition) is 1. The lowest BCUT2D eigenvalue weighted by molar-refractivity contribution is 0.103. The standard InChI is InChI=1S/C28H28N2O4S/c1-32-22-12-17(13-23(33-2)27(22)34-3)15-30-11-10-21-24(16-30)35-28(29)25(21)26(31)20-9-8-18-6-4-5-7-19(18)14-20/h4-9,12-14H,10-11,15-16,29H2,1-3H3. The smallest absolute Gasteiger partial charge is 0.203 e. The van der Waals surface area contributed by atoms with Crippen molar-refractivity contribution in [3.05, 3.63) is 81.7 Å². The molecule has 0 amide bonds. The molecule has 5 rings (SSSR count). The molecule has 0 saturated carbocycles. The van der Waals surface area contributed by atoms with Crippen molar-refractivity contribution in [2.45, 2.75) is 19.5 Å². The first-order valence-corrected chi connectivity index (χ1v) is 12.3. The minimum absolute atomic E-state index is 0.00355. The van der Waals surface area contributed by atoms with Crippen molar-refractivity contribution in [3.8, 4) is 17.2 Å². The first-order valence-electron chi connectivity index (χ1n) is 11.5. The molecule has 0 unspecified atom stereocenters. The van der Waals surface area contributed by atoms with E-state index in [2.05, 4.69) is 4.90 Å². The molecule has 0 fully saturated rings. The van der Waals surface area contributed by atoms with Gasteiger partial charge in [0, 0.05) is 30.1 Å². The Kier molecular flexibility index (Phi) is 6.36. The molecule has 0 aliphatic carbocycles. The van der Waals surface area contributed by atoms with Crippen LogP contribution in [0.15, 0.2) is 54.6 Å². The molecular weight excluding hydrogens is 460 g/mol. The highest BCUT2D eigenvalue weighted by Gasteiger charge is 2.28. The van der Waals surface area contributed by atoms with Gasteiger partial charge < -0.3 is 19.9 Å². The van der Waals surface area contributed by atoms with Gasteiger partial charge >= 0.3 is 0 Å². The lowest BCUT2D eigenvalue weighted by atomic mass is 9.95. The minimum Gasteiger partial charge on any atom is -0.493 e. The second kappa shape index (κ2) is 9.60. The summed E-state index contributed by atoms with van der Waals surface area (Å²) in [5.41, 5.74) is 9.92. The van der Waals surface area contributed by atoms with Crippen LogP contribution in [0.4, 0.5) is 5.00 Å².